The van der Waals surface area contributed by atoms with Crippen LogP contribution in [0.3, 0.4) is 0 Å². The minimum atomic E-state index is 0.449. The van der Waals surface area contributed by atoms with Gasteiger partial charge in [-0.25, -0.2) is 4.68 Å². The van der Waals surface area contributed by atoms with E-state index in [1.54, 1.807) is 39.3 Å². The van der Waals surface area contributed by atoms with Gasteiger partial charge in [0.05, 0.1) is 51.6 Å². The van der Waals surface area contributed by atoms with Crippen LogP contribution in [0.15, 0.2) is 36.5 Å². The lowest BCUT2D eigenvalue weighted by Gasteiger charge is -2.18. The van der Waals surface area contributed by atoms with Gasteiger partial charge in [0, 0.05) is 0 Å². The number of aromatic nitrogens is 3. The molecule has 0 aliphatic rings. The fourth-order valence-corrected chi connectivity index (χ4v) is 3.22. The Balaban J connectivity index is 2.16. The van der Waals surface area contributed by atoms with E-state index in [4.69, 9.17) is 18.9 Å². The molecule has 0 radical (unpaired) electrons. The Bertz CT molecular complexity index is 936. The molecule has 0 fully saturated rings. The SMILES string of the molecule is CCCc1ccc(-n2nncc2-c2cc(OC)c(OC)c(OC)c2OC)cc1. The predicted octanol–water partition coefficient (Wildman–Crippen LogP) is 3.92. The summed E-state index contributed by atoms with van der Waals surface area (Å²) in [4.78, 5) is 0. The molecule has 0 aliphatic heterocycles. The largest absolute Gasteiger partial charge is 0.493 e. The first-order valence-corrected chi connectivity index (χ1v) is 9.05. The third-order valence-corrected chi connectivity index (χ3v) is 4.53. The first-order valence-electron chi connectivity index (χ1n) is 9.05. The molecule has 0 amide bonds. The van der Waals surface area contributed by atoms with Crippen molar-refractivity contribution in [2.24, 2.45) is 0 Å². The smallest absolute Gasteiger partial charge is 0.207 e. The first-order chi connectivity index (χ1) is 13.7. The summed E-state index contributed by atoms with van der Waals surface area (Å²) in [5.74, 6) is 1.96. The summed E-state index contributed by atoms with van der Waals surface area (Å²) in [6.07, 6.45) is 3.84. The average Bonchev–Trinajstić information content (AvgIpc) is 3.22. The number of nitrogens with zero attached hydrogens (tertiary/aromatic N) is 3. The van der Waals surface area contributed by atoms with Crippen molar-refractivity contribution in [2.75, 3.05) is 28.4 Å². The molecule has 3 aromatic rings. The second-order valence-corrected chi connectivity index (χ2v) is 6.17. The zero-order chi connectivity index (χ0) is 20.1. The van der Waals surface area contributed by atoms with Crippen molar-refractivity contribution in [3.8, 4) is 39.9 Å². The first kappa shape index (κ1) is 19.5. The van der Waals surface area contributed by atoms with Crippen LogP contribution in [-0.2, 0) is 6.42 Å². The fourth-order valence-electron chi connectivity index (χ4n) is 3.22. The summed E-state index contributed by atoms with van der Waals surface area (Å²) < 4.78 is 23.9. The van der Waals surface area contributed by atoms with Crippen LogP contribution in [0.25, 0.3) is 16.9 Å². The lowest BCUT2D eigenvalue weighted by Crippen LogP contribution is -2.03. The van der Waals surface area contributed by atoms with E-state index in [-0.39, 0.29) is 0 Å². The molecule has 0 saturated carbocycles. The topological polar surface area (TPSA) is 67.6 Å². The van der Waals surface area contributed by atoms with E-state index < -0.39 is 0 Å². The van der Waals surface area contributed by atoms with E-state index in [0.29, 0.717) is 23.0 Å². The molecule has 7 heteroatoms. The van der Waals surface area contributed by atoms with Crippen LogP contribution >= 0.6 is 0 Å². The van der Waals surface area contributed by atoms with Gasteiger partial charge in [0.1, 0.15) is 0 Å². The number of hydrogen-bond donors (Lipinski definition) is 0. The van der Waals surface area contributed by atoms with Crippen LogP contribution in [0.4, 0.5) is 0 Å². The van der Waals surface area contributed by atoms with E-state index in [2.05, 4.69) is 29.4 Å². The second-order valence-electron chi connectivity index (χ2n) is 6.17. The third-order valence-electron chi connectivity index (χ3n) is 4.53. The molecule has 0 unspecified atom stereocenters. The van der Waals surface area contributed by atoms with E-state index in [1.807, 2.05) is 18.2 Å². The summed E-state index contributed by atoms with van der Waals surface area (Å²) in [6, 6.07) is 10.1. The number of rotatable bonds is 8. The minimum Gasteiger partial charge on any atom is -0.493 e. The highest BCUT2D eigenvalue weighted by atomic mass is 16.5. The van der Waals surface area contributed by atoms with E-state index in [0.717, 1.165) is 29.8 Å². The quantitative estimate of drug-likeness (QED) is 0.587. The average molecular weight is 383 g/mol. The van der Waals surface area contributed by atoms with Gasteiger partial charge < -0.3 is 18.9 Å². The van der Waals surface area contributed by atoms with E-state index in [9.17, 15) is 0 Å². The number of ether oxygens (including phenoxy) is 4. The fraction of sp³-hybridized carbons (Fsp3) is 0.333. The maximum atomic E-state index is 5.65. The molecule has 0 atom stereocenters. The van der Waals surface area contributed by atoms with Crippen molar-refractivity contribution in [1.29, 1.82) is 0 Å². The second kappa shape index (κ2) is 8.65. The van der Waals surface area contributed by atoms with Gasteiger partial charge in [-0.1, -0.05) is 30.7 Å². The number of benzene rings is 2. The molecule has 0 aliphatic carbocycles. The molecule has 0 bridgehead atoms. The van der Waals surface area contributed by atoms with Gasteiger partial charge in [-0.05, 0) is 30.2 Å². The number of hydrogen-bond acceptors (Lipinski definition) is 6. The standard InChI is InChI=1S/C21H25N3O4/c1-6-7-14-8-10-15(11-9-14)24-17(13-22-23-24)16-12-18(25-2)20(27-4)21(28-5)19(16)26-3/h8-13H,6-7H2,1-5H3. The van der Waals surface area contributed by atoms with Crippen molar-refractivity contribution in [2.45, 2.75) is 19.8 Å². The van der Waals surface area contributed by atoms with E-state index >= 15 is 0 Å². The Hall–Kier alpha value is -3.22. The van der Waals surface area contributed by atoms with Crippen molar-refractivity contribution in [1.82, 2.24) is 15.0 Å². The highest BCUT2D eigenvalue weighted by molar-refractivity contribution is 5.78. The monoisotopic (exact) mass is 383 g/mol. The van der Waals surface area contributed by atoms with Crippen molar-refractivity contribution in [3.63, 3.8) is 0 Å². The van der Waals surface area contributed by atoms with Crippen molar-refractivity contribution >= 4 is 0 Å². The van der Waals surface area contributed by atoms with Gasteiger partial charge in [-0.15, -0.1) is 5.10 Å². The summed E-state index contributed by atoms with van der Waals surface area (Å²) >= 11 is 0. The Kier molecular flexibility index (Phi) is 6.03. The molecule has 0 spiro atoms. The lowest BCUT2D eigenvalue weighted by atomic mass is 10.1. The Morgan fingerprint density at radius 1 is 0.857 bits per heavy atom. The molecule has 1 heterocycles. The van der Waals surface area contributed by atoms with Gasteiger partial charge >= 0.3 is 0 Å². The summed E-state index contributed by atoms with van der Waals surface area (Å²) in [7, 11) is 6.28. The number of methoxy groups -OCH3 is 4. The number of aryl methyl sites for hydroxylation is 1. The van der Waals surface area contributed by atoms with Gasteiger partial charge in [-0.3, -0.25) is 0 Å². The van der Waals surface area contributed by atoms with Gasteiger partial charge in [0.25, 0.3) is 0 Å². The minimum absolute atomic E-state index is 0.449. The van der Waals surface area contributed by atoms with Crippen LogP contribution < -0.4 is 18.9 Å². The molecule has 7 nitrogen and oxygen atoms in total. The molecule has 0 saturated heterocycles. The zero-order valence-corrected chi connectivity index (χ0v) is 16.9. The summed E-state index contributed by atoms with van der Waals surface area (Å²) in [5, 5.41) is 8.37. The maximum Gasteiger partial charge on any atom is 0.207 e. The zero-order valence-electron chi connectivity index (χ0n) is 16.9. The molecular formula is C21H25N3O4. The molecule has 3 rings (SSSR count). The Labute approximate surface area is 164 Å². The Morgan fingerprint density at radius 3 is 2.11 bits per heavy atom. The van der Waals surface area contributed by atoms with Crippen LogP contribution in [0.5, 0.6) is 23.0 Å². The Morgan fingerprint density at radius 2 is 1.54 bits per heavy atom. The van der Waals surface area contributed by atoms with Crippen LogP contribution in [0.2, 0.25) is 0 Å². The summed E-state index contributed by atoms with van der Waals surface area (Å²) in [6.45, 7) is 2.17. The molecule has 28 heavy (non-hydrogen) atoms. The van der Waals surface area contributed by atoms with Gasteiger partial charge in [0.15, 0.2) is 11.5 Å². The van der Waals surface area contributed by atoms with Crippen LogP contribution in [0, 0.1) is 0 Å². The predicted molar refractivity (Wildman–Crippen MR) is 107 cm³/mol. The molecule has 0 N–H and O–H groups in total. The maximum absolute atomic E-state index is 5.65. The third kappa shape index (κ3) is 3.47. The highest BCUT2D eigenvalue weighted by Gasteiger charge is 2.24. The van der Waals surface area contributed by atoms with Crippen molar-refractivity contribution in [3.05, 3.63) is 42.1 Å². The molecular weight excluding hydrogens is 358 g/mol. The van der Waals surface area contributed by atoms with Gasteiger partial charge in [-0.2, -0.15) is 0 Å². The lowest BCUT2D eigenvalue weighted by molar-refractivity contribution is 0.306. The highest BCUT2D eigenvalue weighted by Crippen LogP contribution is 2.50. The van der Waals surface area contributed by atoms with Gasteiger partial charge in [0.2, 0.25) is 11.5 Å². The van der Waals surface area contributed by atoms with E-state index in [1.165, 1.54) is 5.56 Å². The normalized spacial score (nSPS) is 10.6. The van der Waals surface area contributed by atoms with Crippen LogP contribution in [0.1, 0.15) is 18.9 Å². The summed E-state index contributed by atoms with van der Waals surface area (Å²) in [5.41, 5.74) is 3.68. The molecule has 148 valence electrons. The van der Waals surface area contributed by atoms with Crippen LogP contribution in [-0.4, -0.2) is 43.4 Å². The molecule has 1 aromatic heterocycles. The van der Waals surface area contributed by atoms with Crippen molar-refractivity contribution < 1.29 is 18.9 Å². The molecule has 2 aromatic carbocycles.